The van der Waals surface area contributed by atoms with E-state index in [0.29, 0.717) is 11.8 Å². The van der Waals surface area contributed by atoms with Crippen molar-refractivity contribution in [1.82, 2.24) is 0 Å². The van der Waals surface area contributed by atoms with Crippen LogP contribution in [0.15, 0.2) is 12.1 Å². The second-order valence-corrected chi connectivity index (χ2v) is 6.35. The third kappa shape index (κ3) is 2.51. The summed E-state index contributed by atoms with van der Waals surface area (Å²) in [5, 5.41) is 11.2. The molecule has 2 nitrogen and oxygen atoms in total. The number of hydrogen-bond acceptors (Lipinski definition) is 2. The number of hydrogen-bond donors (Lipinski definition) is 1. The van der Waals surface area contributed by atoms with Gasteiger partial charge in [-0.15, -0.1) is 0 Å². The summed E-state index contributed by atoms with van der Waals surface area (Å²) >= 11 is 0. The highest BCUT2D eigenvalue weighted by atomic mass is 16.5. The first kappa shape index (κ1) is 14.4. The topological polar surface area (TPSA) is 29.5 Å². The van der Waals surface area contributed by atoms with Gasteiger partial charge in [0, 0.05) is 0 Å². The summed E-state index contributed by atoms with van der Waals surface area (Å²) in [6, 6.07) is 4.16. The van der Waals surface area contributed by atoms with Gasteiger partial charge < -0.3 is 9.84 Å². The first-order valence-electron chi connectivity index (χ1n) is 7.26. The van der Waals surface area contributed by atoms with Crippen LogP contribution < -0.4 is 4.74 Å². The Bertz CT molecular complexity index is 467. The number of ether oxygens (including phenoxy) is 1. The Hall–Kier alpha value is -1.02. The molecule has 0 radical (unpaired) electrons. The zero-order valence-corrected chi connectivity index (χ0v) is 12.8. The van der Waals surface area contributed by atoms with E-state index in [0.717, 1.165) is 35.3 Å². The molecule has 1 aromatic rings. The molecule has 19 heavy (non-hydrogen) atoms. The lowest BCUT2D eigenvalue weighted by atomic mass is 9.68. The molecule has 1 aliphatic carbocycles. The maximum atomic E-state index is 11.2. The minimum Gasteiger partial charge on any atom is -0.496 e. The predicted molar refractivity (Wildman–Crippen MR) is 78.5 cm³/mol. The normalized spacial score (nSPS) is 31.3. The van der Waals surface area contributed by atoms with Crippen molar-refractivity contribution >= 4 is 0 Å². The van der Waals surface area contributed by atoms with Crippen molar-refractivity contribution in [1.29, 1.82) is 0 Å². The predicted octanol–water partition coefficient (Wildman–Crippen LogP) is 3.96. The van der Waals surface area contributed by atoms with Gasteiger partial charge in [-0.2, -0.15) is 0 Å². The van der Waals surface area contributed by atoms with Crippen LogP contribution in [0.3, 0.4) is 0 Å². The third-order valence-electron chi connectivity index (χ3n) is 4.78. The molecule has 3 atom stereocenters. The van der Waals surface area contributed by atoms with E-state index in [-0.39, 0.29) is 0 Å². The van der Waals surface area contributed by atoms with Crippen LogP contribution in [0.1, 0.15) is 49.8 Å². The molecule has 1 N–H and O–H groups in total. The lowest BCUT2D eigenvalue weighted by molar-refractivity contribution is -0.0632. The molecule has 106 valence electrons. The van der Waals surface area contributed by atoms with Gasteiger partial charge in [0.15, 0.2) is 0 Å². The highest BCUT2D eigenvalue weighted by Gasteiger charge is 2.41. The molecule has 0 bridgehead atoms. The smallest absolute Gasteiger partial charge is 0.122 e. The third-order valence-corrected chi connectivity index (χ3v) is 4.78. The average molecular weight is 262 g/mol. The van der Waals surface area contributed by atoms with E-state index in [1.165, 1.54) is 6.42 Å². The van der Waals surface area contributed by atoms with Crippen LogP contribution in [0, 0.1) is 25.7 Å². The zero-order valence-electron chi connectivity index (χ0n) is 12.8. The second-order valence-electron chi connectivity index (χ2n) is 6.35. The van der Waals surface area contributed by atoms with E-state index in [4.69, 9.17) is 4.74 Å². The van der Waals surface area contributed by atoms with Gasteiger partial charge in [-0.1, -0.05) is 20.3 Å². The number of aliphatic hydroxyl groups is 1. The Morgan fingerprint density at radius 3 is 2.47 bits per heavy atom. The van der Waals surface area contributed by atoms with E-state index in [1.807, 2.05) is 6.92 Å². The molecule has 0 saturated heterocycles. The van der Waals surface area contributed by atoms with Crippen LogP contribution in [-0.2, 0) is 5.60 Å². The fourth-order valence-electron chi connectivity index (χ4n) is 3.46. The molecule has 0 heterocycles. The summed E-state index contributed by atoms with van der Waals surface area (Å²) in [5.74, 6) is 1.81. The van der Waals surface area contributed by atoms with Crippen molar-refractivity contribution in [3.8, 4) is 5.75 Å². The van der Waals surface area contributed by atoms with E-state index < -0.39 is 5.60 Å². The van der Waals surface area contributed by atoms with Crippen LogP contribution in [0.4, 0.5) is 0 Å². The Balaban J connectivity index is 2.47. The van der Waals surface area contributed by atoms with Crippen LogP contribution in [0.25, 0.3) is 0 Å². The van der Waals surface area contributed by atoms with Crippen molar-refractivity contribution in [2.75, 3.05) is 7.11 Å². The molecule has 3 unspecified atom stereocenters. The molecule has 1 saturated carbocycles. The van der Waals surface area contributed by atoms with Gasteiger partial charge in [-0.05, 0) is 67.3 Å². The molecule has 2 heteroatoms. The van der Waals surface area contributed by atoms with Crippen LogP contribution in [-0.4, -0.2) is 12.2 Å². The number of aryl methyl sites for hydroxylation is 2. The highest BCUT2D eigenvalue weighted by Crippen LogP contribution is 2.45. The fraction of sp³-hybridized carbons (Fsp3) is 0.647. The Labute approximate surface area is 116 Å². The van der Waals surface area contributed by atoms with Gasteiger partial charge >= 0.3 is 0 Å². The molecule has 1 aliphatic rings. The summed E-state index contributed by atoms with van der Waals surface area (Å²) in [5.41, 5.74) is 2.64. The molecular formula is C17H26O2. The quantitative estimate of drug-likeness (QED) is 0.874. The Morgan fingerprint density at radius 1 is 1.16 bits per heavy atom. The molecule has 1 aromatic carbocycles. The van der Waals surface area contributed by atoms with Crippen LogP contribution in [0.2, 0.25) is 0 Å². The second kappa shape index (κ2) is 5.16. The first-order valence-corrected chi connectivity index (χ1v) is 7.26. The molecule has 0 aliphatic heterocycles. The maximum Gasteiger partial charge on any atom is 0.122 e. The first-order chi connectivity index (χ1) is 8.88. The average Bonchev–Trinajstić information content (AvgIpc) is 2.36. The van der Waals surface area contributed by atoms with E-state index in [9.17, 15) is 5.11 Å². The highest BCUT2D eigenvalue weighted by molar-refractivity contribution is 5.44. The SMILES string of the molecule is COc1cc(C)c(C2(O)CC(C)CCC2C)cc1C. The molecule has 0 amide bonds. The van der Waals surface area contributed by atoms with E-state index in [1.54, 1.807) is 7.11 Å². The standard InChI is InChI=1S/C17H26O2/c1-11-6-7-14(4)17(18,10-11)15-8-13(3)16(19-5)9-12(15)2/h8-9,11,14,18H,6-7,10H2,1-5H3. The van der Waals surface area contributed by atoms with Gasteiger partial charge in [-0.3, -0.25) is 0 Å². The minimum absolute atomic E-state index is 0.315. The fourth-order valence-corrected chi connectivity index (χ4v) is 3.46. The Kier molecular flexibility index (Phi) is 3.91. The minimum atomic E-state index is -0.682. The number of rotatable bonds is 2. The van der Waals surface area contributed by atoms with E-state index >= 15 is 0 Å². The van der Waals surface area contributed by atoms with Gasteiger partial charge in [0.2, 0.25) is 0 Å². The molecular weight excluding hydrogens is 236 g/mol. The largest absolute Gasteiger partial charge is 0.496 e. The Morgan fingerprint density at radius 2 is 1.84 bits per heavy atom. The van der Waals surface area contributed by atoms with Crippen molar-refractivity contribution in [3.63, 3.8) is 0 Å². The van der Waals surface area contributed by atoms with Crippen molar-refractivity contribution in [2.45, 2.75) is 52.6 Å². The van der Waals surface area contributed by atoms with E-state index in [2.05, 4.69) is 32.9 Å². The van der Waals surface area contributed by atoms with Crippen molar-refractivity contribution in [2.24, 2.45) is 11.8 Å². The zero-order chi connectivity index (χ0) is 14.2. The number of benzene rings is 1. The van der Waals surface area contributed by atoms with Crippen LogP contribution >= 0.6 is 0 Å². The lowest BCUT2D eigenvalue weighted by Crippen LogP contribution is -2.39. The lowest BCUT2D eigenvalue weighted by Gasteiger charge is -2.42. The number of methoxy groups -OCH3 is 1. The summed E-state index contributed by atoms with van der Waals surface area (Å²) < 4.78 is 5.37. The monoisotopic (exact) mass is 262 g/mol. The molecule has 1 fully saturated rings. The van der Waals surface area contributed by atoms with Gasteiger partial charge in [0.1, 0.15) is 5.75 Å². The van der Waals surface area contributed by atoms with Gasteiger partial charge in [0.25, 0.3) is 0 Å². The van der Waals surface area contributed by atoms with Gasteiger partial charge in [-0.25, -0.2) is 0 Å². The molecule has 2 rings (SSSR count). The van der Waals surface area contributed by atoms with Gasteiger partial charge in [0.05, 0.1) is 12.7 Å². The summed E-state index contributed by atoms with van der Waals surface area (Å²) in [4.78, 5) is 0. The summed E-state index contributed by atoms with van der Waals surface area (Å²) in [6.07, 6.45) is 3.18. The molecule has 0 spiro atoms. The summed E-state index contributed by atoms with van der Waals surface area (Å²) in [7, 11) is 1.70. The summed E-state index contributed by atoms with van der Waals surface area (Å²) in [6.45, 7) is 8.52. The maximum absolute atomic E-state index is 11.2. The molecule has 0 aromatic heterocycles. The van der Waals surface area contributed by atoms with Crippen molar-refractivity contribution < 1.29 is 9.84 Å². The van der Waals surface area contributed by atoms with Crippen LogP contribution in [0.5, 0.6) is 5.75 Å². The van der Waals surface area contributed by atoms with Crippen molar-refractivity contribution in [3.05, 3.63) is 28.8 Å².